The van der Waals surface area contributed by atoms with Crippen molar-refractivity contribution in [3.63, 3.8) is 0 Å². The Labute approximate surface area is 76.6 Å². The third-order valence-corrected chi connectivity index (χ3v) is 2.23. The first-order chi connectivity index (χ1) is 5.66. The van der Waals surface area contributed by atoms with Crippen LogP contribution in [0.25, 0.3) is 0 Å². The standard InChI is InChI=1S/C8H10ClN3/c1-6-8(9)7(4-3-5-10)12(2)11-6/h3-4H2,1-2H3. The summed E-state index contributed by atoms with van der Waals surface area (Å²) in [6.07, 6.45) is 1.16. The maximum atomic E-state index is 8.39. The van der Waals surface area contributed by atoms with Gasteiger partial charge in [-0.15, -0.1) is 0 Å². The minimum Gasteiger partial charge on any atom is -0.271 e. The van der Waals surface area contributed by atoms with Gasteiger partial charge in [-0.25, -0.2) is 0 Å². The molecule has 0 saturated heterocycles. The van der Waals surface area contributed by atoms with Crippen LogP contribution in [-0.4, -0.2) is 9.78 Å². The Morgan fingerprint density at radius 1 is 1.67 bits per heavy atom. The van der Waals surface area contributed by atoms with Crippen LogP contribution in [0, 0.1) is 18.3 Å². The summed E-state index contributed by atoms with van der Waals surface area (Å²) >= 11 is 5.96. The molecule has 1 rings (SSSR count). The number of hydrogen-bond acceptors (Lipinski definition) is 2. The number of aryl methyl sites for hydroxylation is 2. The molecule has 1 heterocycles. The second-order valence-electron chi connectivity index (χ2n) is 2.63. The van der Waals surface area contributed by atoms with Crippen LogP contribution in [0.2, 0.25) is 5.02 Å². The van der Waals surface area contributed by atoms with Crippen LogP contribution in [0.15, 0.2) is 0 Å². The number of hydrogen-bond donors (Lipinski definition) is 0. The van der Waals surface area contributed by atoms with Gasteiger partial charge in [-0.3, -0.25) is 4.68 Å². The first kappa shape index (κ1) is 9.08. The summed E-state index contributed by atoms with van der Waals surface area (Å²) in [7, 11) is 1.84. The Bertz CT molecular complexity index is 322. The maximum absolute atomic E-state index is 8.39. The number of nitrogens with zero attached hydrogens (tertiary/aromatic N) is 3. The van der Waals surface area contributed by atoms with E-state index in [2.05, 4.69) is 11.2 Å². The summed E-state index contributed by atoms with van der Waals surface area (Å²) in [5.41, 5.74) is 1.77. The lowest BCUT2D eigenvalue weighted by Crippen LogP contribution is -1.97. The van der Waals surface area contributed by atoms with Crippen molar-refractivity contribution in [2.24, 2.45) is 7.05 Å². The molecule has 64 valence electrons. The van der Waals surface area contributed by atoms with Gasteiger partial charge in [0.05, 0.1) is 22.5 Å². The Hall–Kier alpha value is -1.01. The summed E-state index contributed by atoms with van der Waals surface area (Å²) < 4.78 is 1.73. The number of aromatic nitrogens is 2. The van der Waals surface area contributed by atoms with E-state index in [9.17, 15) is 0 Å². The van der Waals surface area contributed by atoms with Crippen molar-refractivity contribution in [2.75, 3.05) is 0 Å². The molecule has 0 saturated carbocycles. The summed E-state index contributed by atoms with van der Waals surface area (Å²) in [5.74, 6) is 0. The minimum atomic E-state index is 0.485. The molecule has 0 radical (unpaired) electrons. The second kappa shape index (κ2) is 3.59. The Morgan fingerprint density at radius 2 is 2.33 bits per heavy atom. The Kier molecular flexibility index (Phi) is 2.72. The molecule has 0 unspecified atom stereocenters. The lowest BCUT2D eigenvalue weighted by atomic mass is 10.2. The molecule has 1 aromatic heterocycles. The minimum absolute atomic E-state index is 0.485. The Balaban J connectivity index is 2.91. The smallest absolute Gasteiger partial charge is 0.0847 e. The van der Waals surface area contributed by atoms with Gasteiger partial charge < -0.3 is 0 Å². The van der Waals surface area contributed by atoms with Gasteiger partial charge in [-0.2, -0.15) is 10.4 Å². The highest BCUT2D eigenvalue weighted by Crippen LogP contribution is 2.20. The topological polar surface area (TPSA) is 41.6 Å². The van der Waals surface area contributed by atoms with E-state index in [-0.39, 0.29) is 0 Å². The number of halogens is 1. The molecule has 12 heavy (non-hydrogen) atoms. The zero-order chi connectivity index (χ0) is 9.14. The first-order valence-electron chi connectivity index (χ1n) is 3.71. The van der Waals surface area contributed by atoms with E-state index >= 15 is 0 Å². The van der Waals surface area contributed by atoms with Gasteiger partial charge in [0.15, 0.2) is 0 Å². The molecule has 0 spiro atoms. The van der Waals surface area contributed by atoms with Crippen LogP contribution < -0.4 is 0 Å². The molecule has 0 fully saturated rings. The molecule has 0 bridgehead atoms. The van der Waals surface area contributed by atoms with Gasteiger partial charge in [0.1, 0.15) is 0 Å². The van der Waals surface area contributed by atoms with Crippen LogP contribution in [0.3, 0.4) is 0 Å². The van der Waals surface area contributed by atoms with E-state index in [1.165, 1.54) is 0 Å². The lowest BCUT2D eigenvalue weighted by Gasteiger charge is -1.97. The third kappa shape index (κ3) is 1.59. The van der Waals surface area contributed by atoms with Crippen LogP contribution in [0.4, 0.5) is 0 Å². The molecule has 0 aliphatic heterocycles. The van der Waals surface area contributed by atoms with E-state index in [0.717, 1.165) is 11.4 Å². The predicted molar refractivity (Wildman–Crippen MR) is 46.9 cm³/mol. The maximum Gasteiger partial charge on any atom is 0.0847 e. The largest absolute Gasteiger partial charge is 0.271 e. The lowest BCUT2D eigenvalue weighted by molar-refractivity contribution is 0.702. The molecule has 0 amide bonds. The molecule has 3 nitrogen and oxygen atoms in total. The van der Waals surface area contributed by atoms with Crippen LogP contribution in [-0.2, 0) is 13.5 Å². The fourth-order valence-corrected chi connectivity index (χ4v) is 1.38. The molecule has 0 N–H and O–H groups in total. The van der Waals surface area contributed by atoms with E-state index in [1.54, 1.807) is 4.68 Å². The van der Waals surface area contributed by atoms with Crippen molar-refractivity contribution in [3.05, 3.63) is 16.4 Å². The van der Waals surface area contributed by atoms with Gasteiger partial charge in [-0.05, 0) is 6.92 Å². The zero-order valence-corrected chi connectivity index (χ0v) is 7.89. The molecular formula is C8H10ClN3. The van der Waals surface area contributed by atoms with Crippen LogP contribution >= 0.6 is 11.6 Å². The van der Waals surface area contributed by atoms with E-state index < -0.39 is 0 Å². The van der Waals surface area contributed by atoms with Crippen LogP contribution in [0.5, 0.6) is 0 Å². The molecular weight excluding hydrogens is 174 g/mol. The molecule has 0 atom stereocenters. The SMILES string of the molecule is Cc1nn(C)c(CCC#N)c1Cl. The zero-order valence-electron chi connectivity index (χ0n) is 7.13. The van der Waals surface area contributed by atoms with Crippen molar-refractivity contribution in [1.82, 2.24) is 9.78 Å². The highest BCUT2D eigenvalue weighted by molar-refractivity contribution is 6.31. The molecule has 4 heteroatoms. The normalized spacial score (nSPS) is 9.83. The monoisotopic (exact) mass is 183 g/mol. The molecule has 0 aliphatic rings. The highest BCUT2D eigenvalue weighted by atomic mass is 35.5. The van der Waals surface area contributed by atoms with Crippen molar-refractivity contribution >= 4 is 11.6 Å². The van der Waals surface area contributed by atoms with Crippen molar-refractivity contribution in [3.8, 4) is 6.07 Å². The van der Waals surface area contributed by atoms with E-state index in [1.807, 2.05) is 14.0 Å². The predicted octanol–water partition coefficient (Wildman–Crippen LogP) is 1.84. The van der Waals surface area contributed by atoms with Gasteiger partial charge in [0.25, 0.3) is 0 Å². The number of nitriles is 1. The van der Waals surface area contributed by atoms with E-state index in [0.29, 0.717) is 17.9 Å². The fourth-order valence-electron chi connectivity index (χ4n) is 1.13. The quantitative estimate of drug-likeness (QED) is 0.702. The third-order valence-electron chi connectivity index (χ3n) is 1.74. The summed E-state index contributed by atoms with van der Waals surface area (Å²) in [4.78, 5) is 0. The summed E-state index contributed by atoms with van der Waals surface area (Å²) in [6.45, 7) is 1.86. The summed E-state index contributed by atoms with van der Waals surface area (Å²) in [6, 6.07) is 2.08. The Morgan fingerprint density at radius 3 is 2.75 bits per heavy atom. The number of rotatable bonds is 2. The first-order valence-corrected chi connectivity index (χ1v) is 4.09. The van der Waals surface area contributed by atoms with Crippen molar-refractivity contribution in [2.45, 2.75) is 19.8 Å². The fraction of sp³-hybridized carbons (Fsp3) is 0.500. The van der Waals surface area contributed by atoms with Gasteiger partial charge in [0, 0.05) is 19.9 Å². The average Bonchev–Trinajstić information content (AvgIpc) is 2.25. The second-order valence-corrected chi connectivity index (χ2v) is 3.01. The van der Waals surface area contributed by atoms with Gasteiger partial charge >= 0.3 is 0 Å². The van der Waals surface area contributed by atoms with Crippen LogP contribution in [0.1, 0.15) is 17.8 Å². The highest BCUT2D eigenvalue weighted by Gasteiger charge is 2.09. The van der Waals surface area contributed by atoms with Crippen molar-refractivity contribution in [1.29, 1.82) is 5.26 Å². The molecule has 0 aliphatic carbocycles. The molecule has 0 aromatic carbocycles. The summed E-state index contributed by atoms with van der Waals surface area (Å²) in [5, 5.41) is 13.2. The van der Waals surface area contributed by atoms with E-state index in [4.69, 9.17) is 16.9 Å². The van der Waals surface area contributed by atoms with Gasteiger partial charge in [-0.1, -0.05) is 11.6 Å². The van der Waals surface area contributed by atoms with Gasteiger partial charge in [0.2, 0.25) is 0 Å². The average molecular weight is 184 g/mol. The van der Waals surface area contributed by atoms with Crippen molar-refractivity contribution < 1.29 is 0 Å². The molecule has 1 aromatic rings.